The molecule has 0 radical (unpaired) electrons. The van der Waals surface area contributed by atoms with Gasteiger partial charge in [-0.2, -0.15) is 5.10 Å². The number of thioether (sulfide) groups is 1. The highest BCUT2D eigenvalue weighted by atomic mass is 79.9. The van der Waals surface area contributed by atoms with Gasteiger partial charge in [0.1, 0.15) is 27.5 Å². The maximum Gasteiger partial charge on any atom is 0.327 e. The van der Waals surface area contributed by atoms with Crippen molar-refractivity contribution in [2.45, 2.75) is 37.8 Å². The molecule has 2 aliphatic rings. The third-order valence-electron chi connectivity index (χ3n) is 2.50. The lowest BCUT2D eigenvalue weighted by atomic mass is 10.2. The minimum atomic E-state index is -0.627. The molecule has 2 aliphatic heterocycles. The second kappa shape index (κ2) is 5.36. The normalized spacial score (nSPS) is 25.1. The molecular formula is C11H15BrN4O3S. The van der Waals surface area contributed by atoms with E-state index in [4.69, 9.17) is 10.5 Å². The lowest BCUT2D eigenvalue weighted by molar-refractivity contribution is -0.156. The van der Waals surface area contributed by atoms with Gasteiger partial charge in [0.05, 0.1) is 0 Å². The number of hydrogen-bond donors (Lipinski definition) is 1. The largest absolute Gasteiger partial charge is 0.459 e. The van der Waals surface area contributed by atoms with Crippen LogP contribution in [0.5, 0.6) is 0 Å². The molecule has 110 valence electrons. The van der Waals surface area contributed by atoms with Gasteiger partial charge < -0.3 is 10.5 Å². The van der Waals surface area contributed by atoms with Crippen molar-refractivity contribution < 1.29 is 14.3 Å². The standard InChI is InChI=1S/C11H15BrN4O3S/c1-11(2,3)19-5(17)4-16-9-7(14-10(12)20-9)6(15-16)8(13)18/h7,9H,4H2,1-3H3,(H2,13,18). The Morgan fingerprint density at radius 3 is 2.70 bits per heavy atom. The molecule has 2 heterocycles. The van der Waals surface area contributed by atoms with E-state index in [1.165, 1.54) is 16.8 Å². The summed E-state index contributed by atoms with van der Waals surface area (Å²) >= 11 is 4.66. The number of fused-ring (bicyclic) bond motifs is 1. The van der Waals surface area contributed by atoms with Gasteiger partial charge in [-0.3, -0.25) is 19.6 Å². The van der Waals surface area contributed by atoms with Gasteiger partial charge >= 0.3 is 5.97 Å². The zero-order valence-electron chi connectivity index (χ0n) is 11.3. The number of carbonyl (C=O) groups excluding carboxylic acids is 2. The number of amides is 1. The Balaban J connectivity index is 2.10. The number of nitrogens with two attached hydrogens (primary N) is 1. The molecule has 2 atom stereocenters. The van der Waals surface area contributed by atoms with Crippen molar-refractivity contribution in [2.75, 3.05) is 6.54 Å². The number of hydrazone groups is 1. The van der Waals surface area contributed by atoms with Crippen LogP contribution < -0.4 is 5.73 Å². The average Bonchev–Trinajstić information content (AvgIpc) is 2.74. The van der Waals surface area contributed by atoms with Crippen molar-refractivity contribution in [2.24, 2.45) is 15.8 Å². The predicted octanol–water partition coefficient (Wildman–Crippen LogP) is 0.677. The van der Waals surface area contributed by atoms with Crippen LogP contribution in [0.4, 0.5) is 0 Å². The molecule has 20 heavy (non-hydrogen) atoms. The first-order valence-electron chi connectivity index (χ1n) is 5.94. The molecule has 0 bridgehead atoms. The first-order chi connectivity index (χ1) is 9.17. The molecule has 0 aromatic carbocycles. The molecular weight excluding hydrogens is 348 g/mol. The minimum absolute atomic E-state index is 0.0436. The summed E-state index contributed by atoms with van der Waals surface area (Å²) in [6, 6.07) is -0.436. The lowest BCUT2D eigenvalue weighted by Gasteiger charge is -2.24. The molecule has 7 nitrogen and oxygen atoms in total. The average molecular weight is 363 g/mol. The van der Waals surface area contributed by atoms with Crippen molar-refractivity contribution in [3.63, 3.8) is 0 Å². The Bertz CT molecular complexity index is 514. The number of rotatable bonds is 3. The van der Waals surface area contributed by atoms with E-state index in [1.54, 1.807) is 20.8 Å². The van der Waals surface area contributed by atoms with E-state index < -0.39 is 23.5 Å². The van der Waals surface area contributed by atoms with Gasteiger partial charge in [0.25, 0.3) is 5.91 Å². The number of carbonyl (C=O) groups is 2. The predicted molar refractivity (Wildman–Crippen MR) is 80.7 cm³/mol. The van der Waals surface area contributed by atoms with E-state index in [0.29, 0.717) is 3.95 Å². The van der Waals surface area contributed by atoms with Crippen molar-refractivity contribution in [1.29, 1.82) is 0 Å². The fraction of sp³-hybridized carbons (Fsp3) is 0.636. The van der Waals surface area contributed by atoms with Crippen molar-refractivity contribution >= 4 is 49.2 Å². The molecule has 0 aromatic heterocycles. The van der Waals surface area contributed by atoms with Gasteiger partial charge in [-0.15, -0.1) is 0 Å². The summed E-state index contributed by atoms with van der Waals surface area (Å²) < 4.78 is 5.91. The van der Waals surface area contributed by atoms with Gasteiger partial charge in [-0.1, -0.05) is 11.8 Å². The number of hydrogen-bond acceptors (Lipinski definition) is 7. The first-order valence-corrected chi connectivity index (χ1v) is 7.61. The van der Waals surface area contributed by atoms with E-state index in [9.17, 15) is 9.59 Å². The SMILES string of the molecule is CC(C)(C)OC(=O)CN1N=C(C(N)=O)C2N=C(Br)SC21. The van der Waals surface area contributed by atoms with E-state index >= 15 is 0 Å². The van der Waals surface area contributed by atoms with Crippen LogP contribution in [0.1, 0.15) is 20.8 Å². The van der Waals surface area contributed by atoms with Crippen LogP contribution in [-0.2, 0) is 14.3 Å². The summed E-state index contributed by atoms with van der Waals surface area (Å²) in [6.07, 6.45) is 0. The Hall–Kier alpha value is -1.09. The lowest BCUT2D eigenvalue weighted by Crippen LogP contribution is -2.38. The Morgan fingerprint density at radius 2 is 2.15 bits per heavy atom. The molecule has 9 heteroatoms. The summed E-state index contributed by atoms with van der Waals surface area (Å²) in [5.74, 6) is -1.03. The monoisotopic (exact) mass is 362 g/mol. The van der Waals surface area contributed by atoms with E-state index in [-0.39, 0.29) is 17.6 Å². The first kappa shape index (κ1) is 15.3. The summed E-state index contributed by atoms with van der Waals surface area (Å²) in [5, 5.41) is 5.37. The molecule has 0 saturated heterocycles. The summed E-state index contributed by atoms with van der Waals surface area (Å²) in [6.45, 7) is 5.33. The quantitative estimate of drug-likeness (QED) is 0.744. The molecule has 0 saturated carbocycles. The highest BCUT2D eigenvalue weighted by Gasteiger charge is 2.45. The fourth-order valence-corrected chi connectivity index (χ4v) is 3.60. The van der Waals surface area contributed by atoms with Crippen LogP contribution in [0.3, 0.4) is 0 Å². The molecule has 2 unspecified atom stereocenters. The van der Waals surface area contributed by atoms with E-state index in [2.05, 4.69) is 26.0 Å². The number of nitrogens with zero attached hydrogens (tertiary/aromatic N) is 3. The van der Waals surface area contributed by atoms with Crippen LogP contribution in [-0.4, -0.2) is 50.1 Å². The topological polar surface area (TPSA) is 97.4 Å². The van der Waals surface area contributed by atoms with Crippen LogP contribution in [0.25, 0.3) is 0 Å². The van der Waals surface area contributed by atoms with Crippen molar-refractivity contribution in [3.05, 3.63) is 0 Å². The molecule has 1 amide bonds. The number of ether oxygens (including phenoxy) is 1. The second-order valence-corrected chi connectivity index (χ2v) is 7.75. The third kappa shape index (κ3) is 3.32. The van der Waals surface area contributed by atoms with Crippen molar-refractivity contribution in [3.8, 4) is 0 Å². The van der Waals surface area contributed by atoms with Crippen LogP contribution >= 0.6 is 27.7 Å². The summed E-state index contributed by atoms with van der Waals surface area (Å²) in [7, 11) is 0. The van der Waals surface area contributed by atoms with Crippen LogP contribution in [0, 0.1) is 0 Å². The molecule has 2 N–H and O–H groups in total. The zero-order chi connectivity index (χ0) is 15.1. The third-order valence-corrected chi connectivity index (χ3v) is 4.31. The zero-order valence-corrected chi connectivity index (χ0v) is 13.7. The van der Waals surface area contributed by atoms with Crippen LogP contribution in [0.15, 0.2) is 10.1 Å². The minimum Gasteiger partial charge on any atom is -0.459 e. The van der Waals surface area contributed by atoms with Gasteiger partial charge in [0.2, 0.25) is 0 Å². The van der Waals surface area contributed by atoms with Gasteiger partial charge in [-0.25, -0.2) is 0 Å². The Kier molecular flexibility index (Phi) is 4.10. The Morgan fingerprint density at radius 1 is 1.50 bits per heavy atom. The molecule has 0 spiro atoms. The van der Waals surface area contributed by atoms with Crippen LogP contribution in [0.2, 0.25) is 0 Å². The number of esters is 1. The maximum atomic E-state index is 11.9. The van der Waals surface area contributed by atoms with Gasteiger partial charge in [0.15, 0.2) is 5.71 Å². The molecule has 0 aliphatic carbocycles. The van der Waals surface area contributed by atoms with E-state index in [1.807, 2.05) is 0 Å². The van der Waals surface area contributed by atoms with Crippen molar-refractivity contribution in [1.82, 2.24) is 5.01 Å². The fourth-order valence-electron chi connectivity index (χ4n) is 1.87. The molecule has 0 fully saturated rings. The maximum absolute atomic E-state index is 11.9. The molecule has 0 aromatic rings. The summed E-state index contributed by atoms with van der Waals surface area (Å²) in [5.41, 5.74) is 4.89. The van der Waals surface area contributed by atoms with Gasteiger partial charge in [-0.05, 0) is 36.7 Å². The highest BCUT2D eigenvalue weighted by Crippen LogP contribution is 2.37. The number of halogens is 1. The smallest absolute Gasteiger partial charge is 0.327 e. The number of primary amides is 1. The Labute approximate surface area is 129 Å². The summed E-state index contributed by atoms with van der Waals surface area (Å²) in [4.78, 5) is 27.5. The van der Waals surface area contributed by atoms with E-state index in [0.717, 1.165) is 0 Å². The van der Waals surface area contributed by atoms with Gasteiger partial charge in [0, 0.05) is 0 Å². The highest BCUT2D eigenvalue weighted by molar-refractivity contribution is 9.22. The molecule has 2 rings (SSSR count). The second-order valence-electron chi connectivity index (χ2n) is 5.37. The number of aliphatic imine (C=N–C) groups is 1.